The summed E-state index contributed by atoms with van der Waals surface area (Å²) in [6.45, 7) is -0.471. The number of amides is 1. The van der Waals surface area contributed by atoms with Gasteiger partial charge in [-0.1, -0.05) is 60.1 Å². The number of carbonyl (C=O) groups excluding carboxylic acids is 1. The van der Waals surface area contributed by atoms with Gasteiger partial charge in [-0.25, -0.2) is 8.42 Å². The molecule has 1 N–H and O–H groups in total. The van der Waals surface area contributed by atoms with Gasteiger partial charge in [0.05, 0.1) is 17.7 Å². The van der Waals surface area contributed by atoms with E-state index in [1.54, 1.807) is 36.4 Å². The van der Waals surface area contributed by atoms with Gasteiger partial charge >= 0.3 is 0 Å². The van der Waals surface area contributed by atoms with Crippen molar-refractivity contribution in [2.24, 2.45) is 0 Å². The second-order valence-electron chi connectivity index (χ2n) is 7.25. The third-order valence-corrected chi connectivity index (χ3v) is 7.07. The summed E-state index contributed by atoms with van der Waals surface area (Å²) in [4.78, 5) is 13.1. The molecular formula is C25H21ClN2O4S. The van der Waals surface area contributed by atoms with Crippen molar-refractivity contribution in [1.29, 1.82) is 0 Å². The number of hydrogen-bond acceptors (Lipinski definition) is 4. The zero-order valence-corrected chi connectivity index (χ0v) is 19.3. The lowest BCUT2D eigenvalue weighted by atomic mass is 10.1. The number of carbonyl (C=O) groups is 1. The van der Waals surface area contributed by atoms with E-state index in [0.717, 1.165) is 15.1 Å². The maximum absolute atomic E-state index is 13.5. The molecule has 0 saturated heterocycles. The van der Waals surface area contributed by atoms with E-state index in [0.29, 0.717) is 10.7 Å². The molecule has 0 saturated carbocycles. The van der Waals surface area contributed by atoms with Gasteiger partial charge in [-0.3, -0.25) is 9.10 Å². The summed E-state index contributed by atoms with van der Waals surface area (Å²) in [7, 11) is -2.67. The molecule has 8 heteroatoms. The first-order chi connectivity index (χ1) is 15.9. The summed E-state index contributed by atoms with van der Waals surface area (Å²) >= 11 is 6.16. The van der Waals surface area contributed by atoms with Crippen molar-refractivity contribution in [1.82, 2.24) is 0 Å². The van der Waals surface area contributed by atoms with Crippen molar-refractivity contribution in [3.63, 3.8) is 0 Å². The van der Waals surface area contributed by atoms with Gasteiger partial charge in [0.15, 0.2) is 0 Å². The van der Waals surface area contributed by atoms with Gasteiger partial charge in [-0.2, -0.15) is 0 Å². The van der Waals surface area contributed by atoms with Crippen molar-refractivity contribution in [3.8, 4) is 5.75 Å². The Morgan fingerprint density at radius 3 is 2.33 bits per heavy atom. The summed E-state index contributed by atoms with van der Waals surface area (Å²) < 4.78 is 33.4. The van der Waals surface area contributed by atoms with Crippen LogP contribution in [0.3, 0.4) is 0 Å². The number of rotatable bonds is 7. The monoisotopic (exact) mass is 480 g/mol. The molecule has 4 aromatic carbocycles. The number of nitrogens with zero attached hydrogens (tertiary/aromatic N) is 1. The first-order valence-electron chi connectivity index (χ1n) is 10.1. The fraction of sp³-hybridized carbons (Fsp3) is 0.0800. The van der Waals surface area contributed by atoms with E-state index in [2.05, 4.69) is 5.32 Å². The smallest absolute Gasteiger partial charge is 0.264 e. The lowest BCUT2D eigenvalue weighted by Gasteiger charge is -2.26. The maximum Gasteiger partial charge on any atom is 0.264 e. The molecule has 0 aromatic heterocycles. The second kappa shape index (κ2) is 9.52. The maximum atomic E-state index is 13.5. The molecule has 0 aliphatic carbocycles. The number of anilines is 2. The predicted molar refractivity (Wildman–Crippen MR) is 132 cm³/mol. The van der Waals surface area contributed by atoms with Crippen LogP contribution in [0.5, 0.6) is 5.75 Å². The number of ether oxygens (including phenoxy) is 1. The fourth-order valence-corrected chi connectivity index (χ4v) is 5.09. The summed E-state index contributed by atoms with van der Waals surface area (Å²) in [6, 6.07) is 25.8. The van der Waals surface area contributed by atoms with Gasteiger partial charge < -0.3 is 10.1 Å². The van der Waals surface area contributed by atoms with E-state index in [4.69, 9.17) is 16.3 Å². The molecule has 0 bridgehead atoms. The highest BCUT2D eigenvalue weighted by atomic mass is 35.5. The summed E-state index contributed by atoms with van der Waals surface area (Å²) in [6.07, 6.45) is 0. The average molecular weight is 481 g/mol. The van der Waals surface area contributed by atoms with E-state index in [-0.39, 0.29) is 16.3 Å². The molecule has 4 aromatic rings. The minimum Gasteiger partial charge on any atom is -0.495 e. The lowest BCUT2D eigenvalue weighted by Crippen LogP contribution is -2.38. The molecule has 0 atom stereocenters. The minimum atomic E-state index is -4.09. The Hall–Kier alpha value is -3.55. The van der Waals surface area contributed by atoms with E-state index in [1.807, 2.05) is 36.4 Å². The van der Waals surface area contributed by atoms with Gasteiger partial charge in [0.2, 0.25) is 5.91 Å². The Labute approximate surface area is 197 Å². The van der Waals surface area contributed by atoms with Crippen molar-refractivity contribution >= 4 is 49.7 Å². The van der Waals surface area contributed by atoms with Crippen LogP contribution in [0, 0.1) is 0 Å². The van der Waals surface area contributed by atoms with Crippen LogP contribution >= 0.6 is 11.6 Å². The molecule has 33 heavy (non-hydrogen) atoms. The van der Waals surface area contributed by atoms with Gasteiger partial charge in [-0.15, -0.1) is 0 Å². The molecule has 6 nitrogen and oxygen atoms in total. The van der Waals surface area contributed by atoms with Crippen LogP contribution in [-0.4, -0.2) is 28.0 Å². The third kappa shape index (κ3) is 4.94. The van der Waals surface area contributed by atoms with E-state index in [1.165, 1.54) is 25.3 Å². The molecule has 0 spiro atoms. The minimum absolute atomic E-state index is 0.0468. The number of hydrogen-bond donors (Lipinski definition) is 1. The largest absolute Gasteiger partial charge is 0.495 e. The van der Waals surface area contributed by atoms with E-state index >= 15 is 0 Å². The normalized spacial score (nSPS) is 11.2. The third-order valence-electron chi connectivity index (χ3n) is 5.06. The first-order valence-corrected chi connectivity index (χ1v) is 11.9. The number of halogens is 1. The standard InChI is InChI=1S/C25H21ClN2O4S/c1-32-24-14-12-20(26)16-23(24)28(33(30,31)22-9-3-2-4-10-22)17-25(29)27-21-13-11-18-7-5-6-8-19(18)15-21/h2-16H,17H2,1H3,(H,27,29). The van der Waals surface area contributed by atoms with Crippen LogP contribution in [0.15, 0.2) is 95.9 Å². The highest BCUT2D eigenvalue weighted by molar-refractivity contribution is 7.92. The molecule has 0 aliphatic heterocycles. The zero-order valence-electron chi connectivity index (χ0n) is 17.7. The molecule has 0 unspecified atom stereocenters. The highest BCUT2D eigenvalue weighted by Crippen LogP contribution is 2.35. The lowest BCUT2D eigenvalue weighted by molar-refractivity contribution is -0.114. The first kappa shape index (κ1) is 22.6. The SMILES string of the molecule is COc1ccc(Cl)cc1N(CC(=O)Nc1ccc2ccccc2c1)S(=O)(=O)c1ccccc1. The van der Waals surface area contributed by atoms with Gasteiger partial charge in [0.1, 0.15) is 12.3 Å². The Morgan fingerprint density at radius 2 is 1.61 bits per heavy atom. The van der Waals surface area contributed by atoms with Crippen LogP contribution in [-0.2, 0) is 14.8 Å². The highest BCUT2D eigenvalue weighted by Gasteiger charge is 2.29. The molecule has 0 heterocycles. The summed E-state index contributed by atoms with van der Waals surface area (Å²) in [5, 5.41) is 5.10. The zero-order chi connectivity index (χ0) is 23.4. The molecule has 0 radical (unpaired) electrons. The van der Waals surface area contributed by atoms with Crippen molar-refractivity contribution in [2.75, 3.05) is 23.3 Å². The number of sulfonamides is 1. The number of methoxy groups -OCH3 is 1. The number of benzene rings is 4. The van der Waals surface area contributed by atoms with Gasteiger partial charge in [0, 0.05) is 10.7 Å². The van der Waals surface area contributed by atoms with Crippen LogP contribution in [0.1, 0.15) is 0 Å². The Bertz CT molecular complexity index is 1410. The number of nitrogens with one attached hydrogen (secondary N) is 1. The van der Waals surface area contributed by atoms with Crippen molar-refractivity contribution in [3.05, 3.63) is 96.0 Å². The Morgan fingerprint density at radius 1 is 0.909 bits per heavy atom. The van der Waals surface area contributed by atoms with Crippen molar-refractivity contribution in [2.45, 2.75) is 4.90 Å². The van der Waals surface area contributed by atoms with Crippen LogP contribution < -0.4 is 14.4 Å². The van der Waals surface area contributed by atoms with E-state index < -0.39 is 22.5 Å². The quantitative estimate of drug-likeness (QED) is 0.387. The summed E-state index contributed by atoms with van der Waals surface area (Å²) in [5.74, 6) is -0.232. The molecule has 1 amide bonds. The second-order valence-corrected chi connectivity index (χ2v) is 9.55. The predicted octanol–water partition coefficient (Wildman–Crippen LogP) is 5.34. The Kier molecular flexibility index (Phi) is 6.53. The van der Waals surface area contributed by atoms with Gasteiger partial charge in [0.25, 0.3) is 10.0 Å². The fourth-order valence-electron chi connectivity index (χ4n) is 3.48. The van der Waals surface area contributed by atoms with Crippen LogP contribution in [0.4, 0.5) is 11.4 Å². The van der Waals surface area contributed by atoms with Crippen LogP contribution in [0.25, 0.3) is 10.8 Å². The molecule has 4 rings (SSSR count). The average Bonchev–Trinajstić information content (AvgIpc) is 2.83. The molecule has 168 valence electrons. The molecule has 0 fully saturated rings. The van der Waals surface area contributed by atoms with Crippen molar-refractivity contribution < 1.29 is 17.9 Å². The van der Waals surface area contributed by atoms with Gasteiger partial charge in [-0.05, 0) is 53.2 Å². The molecular weight excluding hydrogens is 460 g/mol. The Balaban J connectivity index is 1.70. The summed E-state index contributed by atoms with van der Waals surface area (Å²) in [5.41, 5.74) is 0.733. The number of fused-ring (bicyclic) bond motifs is 1. The topological polar surface area (TPSA) is 75.7 Å². The molecule has 0 aliphatic rings. The van der Waals surface area contributed by atoms with Crippen LogP contribution in [0.2, 0.25) is 5.02 Å². The van der Waals surface area contributed by atoms with E-state index in [9.17, 15) is 13.2 Å².